The molecule has 0 aliphatic rings. The smallest absolute Gasteiger partial charge is 0.177 e. The molecule has 0 aromatic heterocycles. The summed E-state index contributed by atoms with van der Waals surface area (Å²) in [5, 5.41) is 0. The lowest BCUT2D eigenvalue weighted by molar-refractivity contribution is 0.524. The van der Waals surface area contributed by atoms with E-state index in [2.05, 4.69) is 0 Å². The summed E-state index contributed by atoms with van der Waals surface area (Å²) in [7, 11) is -1.50. The average Bonchev–Trinajstić information content (AvgIpc) is 1.39. The Bertz CT molecular complexity index is 25.5. The van der Waals surface area contributed by atoms with Gasteiger partial charge in [0.15, 0.2) is 8.69 Å². The Balaban J connectivity index is 0. The molecule has 3 N–H and O–H groups in total. The van der Waals surface area contributed by atoms with Gasteiger partial charge in [0.25, 0.3) is 0 Å². The summed E-state index contributed by atoms with van der Waals surface area (Å²) in [4.78, 5) is 7.10. The van der Waals surface area contributed by atoms with Crippen molar-refractivity contribution in [2.24, 2.45) is 5.73 Å². The van der Waals surface area contributed by atoms with Gasteiger partial charge in [-0.2, -0.15) is 0 Å². The maximum Gasteiger partial charge on any atom is 0.177 e. The molecular formula is C2H10NO2P. The van der Waals surface area contributed by atoms with Crippen LogP contribution in [-0.4, -0.2) is 11.4 Å². The molecule has 1 unspecified atom stereocenters. The molecule has 0 saturated heterocycles. The highest BCUT2D eigenvalue weighted by Crippen LogP contribution is 1.66. The first-order valence-corrected chi connectivity index (χ1v) is 2.60. The molecule has 0 aromatic carbocycles. The van der Waals surface area contributed by atoms with E-state index in [4.69, 9.17) is 15.2 Å². The van der Waals surface area contributed by atoms with E-state index in [-0.39, 0.29) is 0 Å². The van der Waals surface area contributed by atoms with E-state index in [0.29, 0.717) is 0 Å². The normalized spacial score (nSPS) is 7.83. The Morgan fingerprint density at radius 1 is 2.00 bits per heavy atom. The van der Waals surface area contributed by atoms with Gasteiger partial charge in [-0.1, -0.05) is 6.92 Å². The molecule has 0 aliphatic carbocycles. The Morgan fingerprint density at radius 3 is 2.00 bits per heavy atom. The van der Waals surface area contributed by atoms with Gasteiger partial charge in [0.05, 0.1) is 0 Å². The number of hydrogen-bond donors (Lipinski definition) is 2. The van der Waals surface area contributed by atoms with Gasteiger partial charge in [0, 0.05) is 0 Å². The lowest BCUT2D eigenvalue weighted by Gasteiger charge is -1.53. The SMILES string of the molecule is CCN.O=[PH2]O. The number of rotatable bonds is 0. The van der Waals surface area contributed by atoms with Crippen LogP contribution < -0.4 is 5.73 Å². The maximum atomic E-state index is 8.57. The molecule has 0 heterocycles. The minimum absolute atomic E-state index is 0.750. The highest BCUT2D eigenvalue weighted by Gasteiger charge is 1.32. The lowest BCUT2D eigenvalue weighted by Crippen LogP contribution is -1.87. The molecule has 0 bridgehead atoms. The van der Waals surface area contributed by atoms with Crippen LogP contribution in [0, 0.1) is 0 Å². The van der Waals surface area contributed by atoms with Gasteiger partial charge in [0.1, 0.15) is 0 Å². The molecule has 0 rings (SSSR count). The Labute approximate surface area is 38.5 Å². The highest BCUT2D eigenvalue weighted by atomic mass is 31.1. The van der Waals surface area contributed by atoms with Crippen LogP contribution in [0.15, 0.2) is 0 Å². The topological polar surface area (TPSA) is 63.3 Å². The zero-order chi connectivity index (χ0) is 5.41. The first-order valence-electron chi connectivity index (χ1n) is 1.61. The second-order valence-corrected chi connectivity index (χ2v) is 0.724. The second kappa shape index (κ2) is 19.2. The van der Waals surface area contributed by atoms with Crippen LogP contribution in [0.4, 0.5) is 0 Å². The van der Waals surface area contributed by atoms with Crippen molar-refractivity contribution in [3.8, 4) is 0 Å². The fourth-order valence-corrected chi connectivity index (χ4v) is 0. The fourth-order valence-electron chi connectivity index (χ4n) is 0. The van der Waals surface area contributed by atoms with Crippen molar-refractivity contribution in [1.82, 2.24) is 0 Å². The molecule has 6 heavy (non-hydrogen) atoms. The molecule has 40 valence electrons. The lowest BCUT2D eigenvalue weighted by atomic mass is 10.8. The monoisotopic (exact) mass is 111 g/mol. The Hall–Kier alpha value is 0.150. The van der Waals surface area contributed by atoms with Gasteiger partial charge in [-0.05, 0) is 6.54 Å². The third kappa shape index (κ3) is 1830. The zero-order valence-electron chi connectivity index (χ0n) is 3.72. The Kier molecular flexibility index (Phi) is 30.3. The van der Waals surface area contributed by atoms with Gasteiger partial charge in [-0.3, -0.25) is 4.57 Å². The van der Waals surface area contributed by atoms with Crippen molar-refractivity contribution in [1.29, 1.82) is 0 Å². The minimum Gasteiger partial charge on any atom is -0.348 e. The van der Waals surface area contributed by atoms with Crippen molar-refractivity contribution < 1.29 is 9.46 Å². The van der Waals surface area contributed by atoms with Crippen LogP contribution >= 0.6 is 8.69 Å². The van der Waals surface area contributed by atoms with E-state index >= 15 is 0 Å². The summed E-state index contributed by atoms with van der Waals surface area (Å²) in [6.45, 7) is 2.65. The van der Waals surface area contributed by atoms with Gasteiger partial charge in [0.2, 0.25) is 0 Å². The average molecular weight is 111 g/mol. The standard InChI is InChI=1S/C2H7N.H3O2P/c1-2-3;1-3-2/h2-3H2,1H3;3H2,(H,1,2). The number of hydrogen-bond acceptors (Lipinski definition) is 2. The third-order valence-corrected chi connectivity index (χ3v) is 0. The second-order valence-electron chi connectivity index (χ2n) is 0.514. The molecule has 1 atom stereocenters. The van der Waals surface area contributed by atoms with Crippen LogP contribution in [0.5, 0.6) is 0 Å². The van der Waals surface area contributed by atoms with E-state index in [1.54, 1.807) is 0 Å². The first-order chi connectivity index (χ1) is 2.83. The summed E-state index contributed by atoms with van der Waals surface area (Å²) in [5.41, 5.74) is 4.85. The van der Waals surface area contributed by atoms with Crippen LogP contribution in [0.3, 0.4) is 0 Å². The van der Waals surface area contributed by atoms with Crippen LogP contribution in [0.2, 0.25) is 0 Å². The van der Waals surface area contributed by atoms with Crippen molar-refractivity contribution in [3.05, 3.63) is 0 Å². The molecule has 0 aromatic rings. The van der Waals surface area contributed by atoms with Gasteiger partial charge < -0.3 is 10.6 Å². The zero-order valence-corrected chi connectivity index (χ0v) is 4.87. The largest absolute Gasteiger partial charge is 0.348 e. The predicted octanol–water partition coefficient (Wildman–Crippen LogP) is -0.385. The molecule has 4 heteroatoms. The highest BCUT2D eigenvalue weighted by molar-refractivity contribution is 7.16. The predicted molar refractivity (Wildman–Crippen MR) is 27.3 cm³/mol. The van der Waals surface area contributed by atoms with Gasteiger partial charge in [-0.25, -0.2) is 0 Å². The van der Waals surface area contributed by atoms with Crippen molar-refractivity contribution in [2.45, 2.75) is 6.92 Å². The van der Waals surface area contributed by atoms with E-state index in [0.717, 1.165) is 6.54 Å². The molecule has 0 saturated carbocycles. The minimum atomic E-state index is -1.50. The summed E-state index contributed by atoms with van der Waals surface area (Å²) in [5.74, 6) is 0. The van der Waals surface area contributed by atoms with E-state index in [1.165, 1.54) is 0 Å². The van der Waals surface area contributed by atoms with E-state index in [9.17, 15) is 0 Å². The Morgan fingerprint density at radius 2 is 2.00 bits per heavy atom. The summed E-state index contributed by atoms with van der Waals surface area (Å²) in [6, 6.07) is 0. The number of nitrogens with two attached hydrogens (primary N) is 1. The van der Waals surface area contributed by atoms with Gasteiger partial charge >= 0.3 is 0 Å². The van der Waals surface area contributed by atoms with Crippen molar-refractivity contribution in [2.75, 3.05) is 6.54 Å². The summed E-state index contributed by atoms with van der Waals surface area (Å²) < 4.78 is 8.57. The van der Waals surface area contributed by atoms with Crippen LogP contribution in [-0.2, 0) is 4.57 Å². The maximum absolute atomic E-state index is 8.57. The van der Waals surface area contributed by atoms with Crippen LogP contribution in [0.25, 0.3) is 0 Å². The fraction of sp³-hybridized carbons (Fsp3) is 1.00. The first kappa shape index (κ1) is 9.47. The van der Waals surface area contributed by atoms with Crippen LogP contribution in [0.1, 0.15) is 6.92 Å². The quantitative estimate of drug-likeness (QED) is 0.418. The molecule has 3 nitrogen and oxygen atoms in total. The van der Waals surface area contributed by atoms with Crippen molar-refractivity contribution in [3.63, 3.8) is 0 Å². The molecule has 0 aliphatic heterocycles. The molecular weight excluding hydrogens is 101 g/mol. The van der Waals surface area contributed by atoms with E-state index < -0.39 is 8.69 Å². The van der Waals surface area contributed by atoms with E-state index in [1.807, 2.05) is 6.92 Å². The summed E-state index contributed by atoms with van der Waals surface area (Å²) >= 11 is 0. The molecule has 0 spiro atoms. The third-order valence-electron chi connectivity index (χ3n) is 0. The van der Waals surface area contributed by atoms with Crippen molar-refractivity contribution >= 4 is 8.69 Å². The molecule has 0 amide bonds. The molecule has 0 radical (unpaired) electrons. The summed E-state index contributed by atoms with van der Waals surface area (Å²) in [6.07, 6.45) is 0. The van der Waals surface area contributed by atoms with Gasteiger partial charge in [-0.15, -0.1) is 0 Å². The molecule has 0 fully saturated rings.